The van der Waals surface area contributed by atoms with Gasteiger partial charge in [-0.15, -0.1) is 0 Å². The van der Waals surface area contributed by atoms with Gasteiger partial charge >= 0.3 is 0 Å². The summed E-state index contributed by atoms with van der Waals surface area (Å²) in [5.74, 6) is 0.560. The Bertz CT molecular complexity index is 293. The minimum Gasteiger partial charge on any atom is -0.257 e. The molecule has 1 aromatic rings. The van der Waals surface area contributed by atoms with E-state index in [-0.39, 0.29) is 0 Å². The number of hydrogen-bond donors (Lipinski definition) is 0. The fourth-order valence-corrected chi connectivity index (χ4v) is 1.01. The molecule has 0 N–H and O–H groups in total. The summed E-state index contributed by atoms with van der Waals surface area (Å²) in [5.41, 5.74) is 1.36. The molecule has 0 amide bonds. The lowest BCUT2D eigenvalue weighted by molar-refractivity contribution is 0.315. The van der Waals surface area contributed by atoms with Crippen molar-refractivity contribution in [3.63, 3.8) is 0 Å². The summed E-state index contributed by atoms with van der Waals surface area (Å²) < 4.78 is 0. The van der Waals surface area contributed by atoms with E-state index in [1.807, 2.05) is 24.4 Å². The average Bonchev–Trinajstić information content (AvgIpc) is 2.14. The standard InChI is InChI=1S/C13H19N/c1-11(13(2,3)4)8-9-12-7-5-6-10-14-12/h5-11H,1-4H3/b9-8-/t11-/m1/s1. The van der Waals surface area contributed by atoms with Gasteiger partial charge in [0.25, 0.3) is 0 Å². The minimum atomic E-state index is 0.325. The molecule has 1 aromatic heterocycles. The minimum absolute atomic E-state index is 0.325. The molecule has 1 nitrogen and oxygen atoms in total. The Morgan fingerprint density at radius 1 is 1.29 bits per heavy atom. The van der Waals surface area contributed by atoms with E-state index >= 15 is 0 Å². The van der Waals surface area contributed by atoms with Crippen LogP contribution >= 0.6 is 0 Å². The van der Waals surface area contributed by atoms with E-state index in [0.29, 0.717) is 11.3 Å². The Balaban J connectivity index is 2.66. The molecule has 0 aliphatic rings. The van der Waals surface area contributed by atoms with E-state index in [0.717, 1.165) is 5.69 Å². The van der Waals surface area contributed by atoms with Crippen LogP contribution in [-0.4, -0.2) is 4.98 Å². The van der Waals surface area contributed by atoms with Crippen LogP contribution in [-0.2, 0) is 0 Å². The second kappa shape index (κ2) is 4.41. The summed E-state index contributed by atoms with van der Waals surface area (Å²) in [4.78, 5) is 4.25. The Morgan fingerprint density at radius 2 is 2.00 bits per heavy atom. The topological polar surface area (TPSA) is 12.9 Å². The second-order valence-corrected chi connectivity index (χ2v) is 4.77. The molecule has 0 aromatic carbocycles. The molecular formula is C13H19N. The molecule has 76 valence electrons. The zero-order valence-electron chi connectivity index (χ0n) is 9.49. The van der Waals surface area contributed by atoms with Gasteiger partial charge < -0.3 is 0 Å². The first-order valence-electron chi connectivity index (χ1n) is 5.09. The van der Waals surface area contributed by atoms with Crippen LogP contribution in [0.3, 0.4) is 0 Å². The first-order chi connectivity index (χ1) is 6.50. The predicted molar refractivity (Wildman–Crippen MR) is 61.9 cm³/mol. The molecule has 0 saturated heterocycles. The van der Waals surface area contributed by atoms with E-state index < -0.39 is 0 Å². The molecule has 1 atom stereocenters. The van der Waals surface area contributed by atoms with Crippen molar-refractivity contribution in [3.8, 4) is 0 Å². The van der Waals surface area contributed by atoms with Gasteiger partial charge in [-0.3, -0.25) is 4.98 Å². The number of aromatic nitrogens is 1. The normalized spacial score (nSPS) is 14.6. The maximum Gasteiger partial charge on any atom is 0.0626 e. The summed E-state index contributed by atoms with van der Waals surface area (Å²) in [6, 6.07) is 5.96. The van der Waals surface area contributed by atoms with Gasteiger partial charge in [0.05, 0.1) is 5.69 Å². The highest BCUT2D eigenvalue weighted by Crippen LogP contribution is 2.26. The van der Waals surface area contributed by atoms with Gasteiger partial charge in [0.15, 0.2) is 0 Å². The smallest absolute Gasteiger partial charge is 0.0626 e. The van der Waals surface area contributed by atoms with Crippen LogP contribution in [0.1, 0.15) is 33.4 Å². The second-order valence-electron chi connectivity index (χ2n) is 4.77. The molecule has 0 spiro atoms. The maximum absolute atomic E-state index is 4.25. The van der Waals surface area contributed by atoms with Crippen LogP contribution in [0.25, 0.3) is 6.08 Å². The van der Waals surface area contributed by atoms with E-state index in [1.54, 1.807) is 0 Å². The predicted octanol–water partition coefficient (Wildman–Crippen LogP) is 3.78. The summed E-state index contributed by atoms with van der Waals surface area (Å²) in [7, 11) is 0. The molecular weight excluding hydrogens is 170 g/mol. The Kier molecular flexibility index (Phi) is 3.45. The van der Waals surface area contributed by atoms with Crippen molar-refractivity contribution in [2.75, 3.05) is 0 Å². The van der Waals surface area contributed by atoms with Gasteiger partial charge in [-0.2, -0.15) is 0 Å². The number of rotatable bonds is 2. The fraction of sp³-hybridized carbons (Fsp3) is 0.462. The summed E-state index contributed by atoms with van der Waals surface area (Å²) in [6.45, 7) is 8.99. The zero-order chi connectivity index (χ0) is 10.6. The lowest BCUT2D eigenvalue weighted by atomic mass is 9.82. The van der Waals surface area contributed by atoms with Gasteiger partial charge in [-0.1, -0.05) is 39.8 Å². The molecule has 1 heterocycles. The van der Waals surface area contributed by atoms with Crippen molar-refractivity contribution in [1.82, 2.24) is 4.98 Å². The third-order valence-corrected chi connectivity index (χ3v) is 2.61. The molecule has 14 heavy (non-hydrogen) atoms. The van der Waals surface area contributed by atoms with Crippen LogP contribution in [0, 0.1) is 11.3 Å². The molecule has 1 heteroatoms. The van der Waals surface area contributed by atoms with Gasteiger partial charge in [-0.25, -0.2) is 0 Å². The summed E-state index contributed by atoms with van der Waals surface area (Å²) >= 11 is 0. The van der Waals surface area contributed by atoms with Crippen molar-refractivity contribution >= 4 is 6.08 Å². The van der Waals surface area contributed by atoms with E-state index in [2.05, 4.69) is 44.8 Å². The molecule has 0 aliphatic carbocycles. The van der Waals surface area contributed by atoms with Gasteiger partial charge in [0.1, 0.15) is 0 Å². The number of allylic oxidation sites excluding steroid dienone is 1. The van der Waals surface area contributed by atoms with Crippen molar-refractivity contribution in [2.45, 2.75) is 27.7 Å². The van der Waals surface area contributed by atoms with Crippen molar-refractivity contribution < 1.29 is 0 Å². The van der Waals surface area contributed by atoms with Crippen molar-refractivity contribution in [1.29, 1.82) is 0 Å². The lowest BCUT2D eigenvalue weighted by Crippen LogP contribution is -2.14. The summed E-state index contributed by atoms with van der Waals surface area (Å²) in [6.07, 6.45) is 6.14. The highest BCUT2D eigenvalue weighted by Gasteiger charge is 2.16. The highest BCUT2D eigenvalue weighted by atomic mass is 14.6. The average molecular weight is 189 g/mol. The lowest BCUT2D eigenvalue weighted by Gasteiger charge is -2.24. The largest absolute Gasteiger partial charge is 0.257 e. The number of hydrogen-bond acceptors (Lipinski definition) is 1. The van der Waals surface area contributed by atoms with Crippen LogP contribution in [0.2, 0.25) is 0 Å². The maximum atomic E-state index is 4.25. The zero-order valence-corrected chi connectivity index (χ0v) is 9.49. The monoisotopic (exact) mass is 189 g/mol. The van der Waals surface area contributed by atoms with E-state index in [1.165, 1.54) is 0 Å². The van der Waals surface area contributed by atoms with Crippen molar-refractivity contribution in [3.05, 3.63) is 36.2 Å². The molecule has 0 radical (unpaired) electrons. The van der Waals surface area contributed by atoms with Gasteiger partial charge in [0, 0.05) is 6.20 Å². The van der Waals surface area contributed by atoms with Crippen LogP contribution < -0.4 is 0 Å². The van der Waals surface area contributed by atoms with Gasteiger partial charge in [-0.05, 0) is 29.5 Å². The van der Waals surface area contributed by atoms with Crippen LogP contribution in [0.4, 0.5) is 0 Å². The Morgan fingerprint density at radius 3 is 2.50 bits per heavy atom. The SMILES string of the molecule is C[C@H](/C=C\c1ccccn1)C(C)(C)C. The molecule has 0 saturated carbocycles. The Hall–Kier alpha value is -1.11. The summed E-state index contributed by atoms with van der Waals surface area (Å²) in [5, 5.41) is 0. The van der Waals surface area contributed by atoms with Crippen LogP contribution in [0.15, 0.2) is 30.5 Å². The van der Waals surface area contributed by atoms with E-state index in [9.17, 15) is 0 Å². The van der Waals surface area contributed by atoms with Crippen molar-refractivity contribution in [2.24, 2.45) is 11.3 Å². The molecule has 1 rings (SSSR count). The molecule has 0 aliphatic heterocycles. The van der Waals surface area contributed by atoms with Crippen LogP contribution in [0.5, 0.6) is 0 Å². The fourth-order valence-electron chi connectivity index (χ4n) is 1.01. The Labute approximate surface area is 86.9 Å². The van der Waals surface area contributed by atoms with Gasteiger partial charge in [0.2, 0.25) is 0 Å². The van der Waals surface area contributed by atoms with E-state index in [4.69, 9.17) is 0 Å². The highest BCUT2D eigenvalue weighted by molar-refractivity contribution is 5.44. The first-order valence-corrected chi connectivity index (χ1v) is 5.09. The molecule has 0 unspecified atom stereocenters. The molecule has 0 fully saturated rings. The quantitative estimate of drug-likeness (QED) is 0.690. The number of nitrogens with zero attached hydrogens (tertiary/aromatic N) is 1. The number of pyridine rings is 1. The third-order valence-electron chi connectivity index (χ3n) is 2.61. The molecule has 0 bridgehead atoms. The third kappa shape index (κ3) is 3.33. The first kappa shape index (κ1) is 11.0.